The largest absolute Gasteiger partial charge is 0.326 e. The van der Waals surface area contributed by atoms with Crippen molar-refractivity contribution in [2.24, 2.45) is 11.7 Å². The summed E-state index contributed by atoms with van der Waals surface area (Å²) in [6, 6.07) is 8.61. The molecule has 0 spiro atoms. The van der Waals surface area contributed by atoms with Crippen LogP contribution in [-0.4, -0.2) is 36.8 Å². The Morgan fingerprint density at radius 2 is 2.05 bits per heavy atom. The first-order valence-corrected chi connectivity index (χ1v) is 8.03. The number of aromatic nitrogens is 1. The minimum Gasteiger partial charge on any atom is -0.326 e. The maximum atomic E-state index is 12.8. The van der Waals surface area contributed by atoms with Crippen LogP contribution < -0.4 is 5.73 Å². The lowest BCUT2D eigenvalue weighted by atomic mass is 10.1. The monoisotopic (exact) mass is 291 g/mol. The molecule has 3 rings (SSSR count). The Bertz CT molecular complexity index is 730. The fourth-order valence-electron chi connectivity index (χ4n) is 2.58. The number of nitrogens with zero attached hydrogens (tertiary/aromatic N) is 2. The van der Waals surface area contributed by atoms with Crippen LogP contribution in [0.1, 0.15) is 6.92 Å². The van der Waals surface area contributed by atoms with Crippen molar-refractivity contribution in [1.82, 2.24) is 9.29 Å². The Labute approximate surface area is 118 Å². The van der Waals surface area contributed by atoms with E-state index in [0.29, 0.717) is 28.9 Å². The van der Waals surface area contributed by atoms with E-state index in [1.165, 1.54) is 4.31 Å². The van der Waals surface area contributed by atoms with Gasteiger partial charge in [0.15, 0.2) is 0 Å². The predicted octanol–water partition coefficient (Wildman–Crippen LogP) is 1.20. The molecule has 0 amide bonds. The topological polar surface area (TPSA) is 76.3 Å². The molecule has 0 saturated carbocycles. The summed E-state index contributed by atoms with van der Waals surface area (Å²) in [7, 11) is -3.52. The Morgan fingerprint density at radius 3 is 2.75 bits per heavy atom. The third-order valence-corrected chi connectivity index (χ3v) is 5.75. The van der Waals surface area contributed by atoms with Gasteiger partial charge in [0.2, 0.25) is 10.0 Å². The zero-order valence-electron chi connectivity index (χ0n) is 11.2. The van der Waals surface area contributed by atoms with Crippen LogP contribution in [0, 0.1) is 5.92 Å². The van der Waals surface area contributed by atoms with Crippen molar-refractivity contribution in [3.63, 3.8) is 0 Å². The van der Waals surface area contributed by atoms with Crippen LogP contribution in [0.25, 0.3) is 10.9 Å². The van der Waals surface area contributed by atoms with Crippen LogP contribution >= 0.6 is 0 Å². The summed E-state index contributed by atoms with van der Waals surface area (Å²) in [5.74, 6) is 0.179. The van der Waals surface area contributed by atoms with Crippen molar-refractivity contribution in [3.05, 3.63) is 36.5 Å². The highest BCUT2D eigenvalue weighted by molar-refractivity contribution is 7.89. The van der Waals surface area contributed by atoms with Crippen LogP contribution in [0.3, 0.4) is 0 Å². The third-order valence-electron chi connectivity index (χ3n) is 3.86. The average Bonchev–Trinajstić information content (AvgIpc) is 2.79. The van der Waals surface area contributed by atoms with E-state index in [2.05, 4.69) is 4.98 Å². The molecule has 1 saturated heterocycles. The number of sulfonamides is 1. The normalized spacial score (nSPS) is 24.3. The van der Waals surface area contributed by atoms with Crippen LogP contribution in [-0.2, 0) is 10.0 Å². The number of hydrogen-bond acceptors (Lipinski definition) is 4. The molecule has 0 radical (unpaired) electrons. The second kappa shape index (κ2) is 4.80. The number of benzene rings is 1. The molecule has 1 aromatic heterocycles. The number of nitrogens with two attached hydrogens (primary N) is 1. The molecule has 1 fully saturated rings. The minimum absolute atomic E-state index is 0.0992. The van der Waals surface area contributed by atoms with Crippen LogP contribution in [0.4, 0.5) is 0 Å². The molecule has 0 bridgehead atoms. The first kappa shape index (κ1) is 13.5. The van der Waals surface area contributed by atoms with Gasteiger partial charge < -0.3 is 5.73 Å². The highest BCUT2D eigenvalue weighted by atomic mass is 32.2. The third kappa shape index (κ3) is 2.09. The first-order chi connectivity index (χ1) is 9.50. The van der Waals surface area contributed by atoms with Crippen molar-refractivity contribution < 1.29 is 8.42 Å². The molecule has 2 atom stereocenters. The van der Waals surface area contributed by atoms with Crippen molar-refractivity contribution in [2.45, 2.75) is 17.9 Å². The molecule has 1 aromatic carbocycles. The average molecular weight is 291 g/mol. The van der Waals surface area contributed by atoms with Crippen LogP contribution in [0.15, 0.2) is 41.4 Å². The summed E-state index contributed by atoms with van der Waals surface area (Å²) < 4.78 is 27.0. The lowest BCUT2D eigenvalue weighted by molar-refractivity contribution is 0.465. The van der Waals surface area contributed by atoms with Gasteiger partial charge in [0.05, 0.1) is 10.4 Å². The van der Waals surface area contributed by atoms with E-state index in [1.54, 1.807) is 30.5 Å². The second-order valence-electron chi connectivity index (χ2n) is 5.29. The summed E-state index contributed by atoms with van der Waals surface area (Å²) in [5.41, 5.74) is 6.62. The molecule has 106 valence electrons. The molecule has 20 heavy (non-hydrogen) atoms. The number of rotatable bonds is 2. The van der Waals surface area contributed by atoms with Gasteiger partial charge in [0.25, 0.3) is 0 Å². The molecule has 0 aliphatic carbocycles. The van der Waals surface area contributed by atoms with E-state index in [4.69, 9.17) is 5.73 Å². The SMILES string of the molecule is CC1CN(S(=O)(=O)c2cccc3ncccc23)CC1N. The van der Waals surface area contributed by atoms with Gasteiger partial charge in [-0.1, -0.05) is 13.0 Å². The zero-order chi connectivity index (χ0) is 14.3. The number of fused-ring (bicyclic) bond motifs is 1. The van der Waals surface area contributed by atoms with Gasteiger partial charge in [0, 0.05) is 30.7 Å². The van der Waals surface area contributed by atoms with Crippen LogP contribution in [0.5, 0.6) is 0 Å². The van der Waals surface area contributed by atoms with E-state index < -0.39 is 10.0 Å². The van der Waals surface area contributed by atoms with E-state index in [-0.39, 0.29) is 12.0 Å². The maximum absolute atomic E-state index is 12.8. The predicted molar refractivity (Wildman–Crippen MR) is 77.6 cm³/mol. The Kier molecular flexibility index (Phi) is 3.24. The summed E-state index contributed by atoms with van der Waals surface area (Å²) in [6.45, 7) is 2.82. The number of pyridine rings is 1. The van der Waals surface area contributed by atoms with Crippen molar-refractivity contribution >= 4 is 20.9 Å². The fourth-order valence-corrected chi connectivity index (χ4v) is 4.36. The van der Waals surface area contributed by atoms with Gasteiger partial charge >= 0.3 is 0 Å². The molecule has 2 unspecified atom stereocenters. The van der Waals surface area contributed by atoms with E-state index in [9.17, 15) is 8.42 Å². The van der Waals surface area contributed by atoms with E-state index >= 15 is 0 Å². The van der Waals surface area contributed by atoms with Gasteiger partial charge in [-0.2, -0.15) is 4.31 Å². The summed E-state index contributed by atoms with van der Waals surface area (Å²) >= 11 is 0. The summed E-state index contributed by atoms with van der Waals surface area (Å²) in [6.07, 6.45) is 1.66. The van der Waals surface area contributed by atoms with Gasteiger partial charge in [-0.3, -0.25) is 4.98 Å². The lowest BCUT2D eigenvalue weighted by Gasteiger charge is -2.17. The quantitative estimate of drug-likeness (QED) is 0.902. The van der Waals surface area contributed by atoms with Gasteiger partial charge in [-0.15, -0.1) is 0 Å². The number of hydrogen-bond donors (Lipinski definition) is 1. The highest BCUT2D eigenvalue weighted by Crippen LogP contribution is 2.28. The standard InChI is InChI=1S/C14H17N3O2S/c1-10-8-17(9-12(10)15)20(18,19)14-6-2-5-13-11(14)4-3-7-16-13/h2-7,10,12H,8-9,15H2,1H3. The molecule has 1 aliphatic heterocycles. The van der Waals surface area contributed by atoms with Gasteiger partial charge in [0.1, 0.15) is 0 Å². The summed E-state index contributed by atoms with van der Waals surface area (Å²) in [5, 5.41) is 0.656. The molecule has 2 aromatic rings. The molecule has 2 heterocycles. The first-order valence-electron chi connectivity index (χ1n) is 6.59. The second-order valence-corrected chi connectivity index (χ2v) is 7.20. The minimum atomic E-state index is -3.52. The van der Waals surface area contributed by atoms with Crippen LogP contribution in [0.2, 0.25) is 0 Å². The highest BCUT2D eigenvalue weighted by Gasteiger charge is 2.36. The fraction of sp³-hybridized carbons (Fsp3) is 0.357. The smallest absolute Gasteiger partial charge is 0.243 e. The van der Waals surface area contributed by atoms with Crippen molar-refractivity contribution in [1.29, 1.82) is 0 Å². The molecule has 6 heteroatoms. The van der Waals surface area contributed by atoms with Gasteiger partial charge in [-0.25, -0.2) is 8.42 Å². The maximum Gasteiger partial charge on any atom is 0.243 e. The Morgan fingerprint density at radius 1 is 1.25 bits per heavy atom. The Balaban J connectivity index is 2.11. The van der Waals surface area contributed by atoms with E-state index in [1.807, 2.05) is 13.0 Å². The van der Waals surface area contributed by atoms with Crippen molar-refractivity contribution in [2.75, 3.05) is 13.1 Å². The lowest BCUT2D eigenvalue weighted by Crippen LogP contribution is -2.32. The summed E-state index contributed by atoms with van der Waals surface area (Å²) in [4.78, 5) is 4.51. The molecule has 2 N–H and O–H groups in total. The zero-order valence-corrected chi connectivity index (χ0v) is 12.0. The molecular weight excluding hydrogens is 274 g/mol. The molecule has 1 aliphatic rings. The van der Waals surface area contributed by atoms with E-state index in [0.717, 1.165) is 0 Å². The van der Waals surface area contributed by atoms with Gasteiger partial charge in [-0.05, 0) is 30.2 Å². The molecular formula is C14H17N3O2S. The molecule has 5 nitrogen and oxygen atoms in total. The van der Waals surface area contributed by atoms with Crippen molar-refractivity contribution in [3.8, 4) is 0 Å². The Hall–Kier alpha value is -1.50.